The smallest absolute Gasteiger partial charge is 0.231 e. The Hall–Kier alpha value is -1.26. The van der Waals surface area contributed by atoms with Gasteiger partial charge >= 0.3 is 0 Å². The first-order valence-electron chi connectivity index (χ1n) is 6.48. The van der Waals surface area contributed by atoms with Crippen molar-refractivity contribution in [2.75, 3.05) is 13.4 Å². The second-order valence-electron chi connectivity index (χ2n) is 4.65. The Kier molecular flexibility index (Phi) is 4.09. The zero-order chi connectivity index (χ0) is 13.0. The van der Waals surface area contributed by atoms with Gasteiger partial charge in [-0.25, -0.2) is 0 Å². The largest absolute Gasteiger partial charge is 0.454 e. The topological polar surface area (TPSA) is 50.7 Å². The fourth-order valence-electron chi connectivity index (χ4n) is 2.19. The number of fused-ring (bicyclic) bond motifs is 1. The van der Waals surface area contributed by atoms with Crippen LogP contribution in [0.25, 0.3) is 0 Å². The molecule has 18 heavy (non-hydrogen) atoms. The van der Waals surface area contributed by atoms with Crippen molar-refractivity contribution in [3.63, 3.8) is 0 Å². The average Bonchev–Trinajstić information content (AvgIpc) is 2.90. The van der Waals surface area contributed by atoms with E-state index in [1.54, 1.807) is 0 Å². The summed E-state index contributed by atoms with van der Waals surface area (Å²) in [4.78, 5) is 0. The predicted molar refractivity (Wildman–Crippen MR) is 69.8 cm³/mol. The molecule has 0 saturated heterocycles. The molecule has 1 aliphatic heterocycles. The van der Waals surface area contributed by atoms with E-state index in [2.05, 4.69) is 19.2 Å². The highest BCUT2D eigenvalue weighted by atomic mass is 16.7. The Bertz CT molecular complexity index is 394. The molecule has 1 aromatic rings. The fraction of sp³-hybridized carbons (Fsp3) is 0.571. The average molecular weight is 251 g/mol. The van der Waals surface area contributed by atoms with Crippen molar-refractivity contribution in [2.45, 2.75) is 38.8 Å². The Balaban J connectivity index is 2.09. The number of ether oxygens (including phenoxy) is 2. The van der Waals surface area contributed by atoms with Crippen LogP contribution in [-0.4, -0.2) is 24.0 Å². The summed E-state index contributed by atoms with van der Waals surface area (Å²) >= 11 is 0. The number of para-hydroxylation sites is 1. The molecule has 0 saturated carbocycles. The van der Waals surface area contributed by atoms with Crippen molar-refractivity contribution in [3.8, 4) is 11.5 Å². The van der Waals surface area contributed by atoms with E-state index in [1.165, 1.54) is 0 Å². The van der Waals surface area contributed by atoms with E-state index in [0.29, 0.717) is 13.3 Å². The lowest BCUT2D eigenvalue weighted by atomic mass is 9.93. The van der Waals surface area contributed by atoms with Crippen LogP contribution in [0.4, 0.5) is 0 Å². The number of rotatable bonds is 6. The van der Waals surface area contributed by atoms with Crippen LogP contribution in [0.2, 0.25) is 0 Å². The lowest BCUT2D eigenvalue weighted by Crippen LogP contribution is -2.47. The SMILES string of the molecule is CCC(CC)(CO)NCc1cccc2c1OCO2. The Morgan fingerprint density at radius 3 is 2.72 bits per heavy atom. The normalized spacial score (nSPS) is 13.9. The maximum atomic E-state index is 9.53. The molecule has 0 unspecified atom stereocenters. The summed E-state index contributed by atoms with van der Waals surface area (Å²) in [5.74, 6) is 1.63. The van der Waals surface area contributed by atoms with Crippen LogP contribution >= 0.6 is 0 Å². The third kappa shape index (κ3) is 2.44. The zero-order valence-corrected chi connectivity index (χ0v) is 11.0. The van der Waals surface area contributed by atoms with Crippen molar-refractivity contribution in [1.82, 2.24) is 5.32 Å². The van der Waals surface area contributed by atoms with E-state index < -0.39 is 0 Å². The van der Waals surface area contributed by atoms with Gasteiger partial charge in [0.15, 0.2) is 11.5 Å². The van der Waals surface area contributed by atoms with Gasteiger partial charge in [-0.3, -0.25) is 0 Å². The van der Waals surface area contributed by atoms with Gasteiger partial charge in [0.05, 0.1) is 6.61 Å². The third-order valence-corrected chi connectivity index (χ3v) is 3.79. The summed E-state index contributed by atoms with van der Waals surface area (Å²) in [5, 5.41) is 13.0. The maximum absolute atomic E-state index is 9.53. The quantitative estimate of drug-likeness (QED) is 0.812. The van der Waals surface area contributed by atoms with Gasteiger partial charge in [0.2, 0.25) is 6.79 Å². The van der Waals surface area contributed by atoms with E-state index in [0.717, 1.165) is 29.9 Å². The summed E-state index contributed by atoms with van der Waals surface area (Å²) in [7, 11) is 0. The van der Waals surface area contributed by atoms with Crippen LogP contribution in [0.5, 0.6) is 11.5 Å². The highest BCUT2D eigenvalue weighted by Gasteiger charge is 2.25. The minimum Gasteiger partial charge on any atom is -0.454 e. The first kappa shape index (κ1) is 13.2. The van der Waals surface area contributed by atoms with Crippen LogP contribution in [-0.2, 0) is 6.54 Å². The molecular weight excluding hydrogens is 230 g/mol. The Morgan fingerprint density at radius 2 is 2.06 bits per heavy atom. The lowest BCUT2D eigenvalue weighted by molar-refractivity contribution is 0.148. The van der Waals surface area contributed by atoms with Crippen molar-refractivity contribution < 1.29 is 14.6 Å². The molecule has 2 rings (SSSR count). The molecule has 2 N–H and O–H groups in total. The molecule has 0 spiro atoms. The van der Waals surface area contributed by atoms with Crippen LogP contribution in [0.1, 0.15) is 32.3 Å². The van der Waals surface area contributed by atoms with Crippen molar-refractivity contribution in [1.29, 1.82) is 0 Å². The Labute approximate surface area is 108 Å². The van der Waals surface area contributed by atoms with E-state index >= 15 is 0 Å². The van der Waals surface area contributed by atoms with Gasteiger partial charge < -0.3 is 19.9 Å². The van der Waals surface area contributed by atoms with Crippen LogP contribution < -0.4 is 14.8 Å². The highest BCUT2D eigenvalue weighted by molar-refractivity contribution is 5.48. The van der Waals surface area contributed by atoms with Gasteiger partial charge in [-0.1, -0.05) is 26.0 Å². The van der Waals surface area contributed by atoms with Crippen LogP contribution in [0.3, 0.4) is 0 Å². The van der Waals surface area contributed by atoms with Gasteiger partial charge in [-0.2, -0.15) is 0 Å². The lowest BCUT2D eigenvalue weighted by Gasteiger charge is -2.31. The number of hydrogen-bond donors (Lipinski definition) is 2. The molecular formula is C14H21NO3. The molecule has 0 atom stereocenters. The molecule has 1 heterocycles. The molecule has 1 aromatic carbocycles. The molecule has 4 nitrogen and oxygen atoms in total. The summed E-state index contributed by atoms with van der Waals surface area (Å²) in [6.45, 7) is 5.28. The van der Waals surface area contributed by atoms with Crippen LogP contribution in [0, 0.1) is 0 Å². The minimum absolute atomic E-state index is 0.145. The van der Waals surface area contributed by atoms with Gasteiger partial charge in [-0.05, 0) is 18.9 Å². The first-order chi connectivity index (χ1) is 8.74. The molecule has 0 amide bonds. The fourth-order valence-corrected chi connectivity index (χ4v) is 2.19. The number of aliphatic hydroxyl groups is 1. The molecule has 0 radical (unpaired) electrons. The van der Waals surface area contributed by atoms with Gasteiger partial charge in [0, 0.05) is 17.6 Å². The van der Waals surface area contributed by atoms with Gasteiger partial charge in [0.25, 0.3) is 0 Å². The zero-order valence-electron chi connectivity index (χ0n) is 11.0. The molecule has 0 fully saturated rings. The monoisotopic (exact) mass is 251 g/mol. The second-order valence-corrected chi connectivity index (χ2v) is 4.65. The Morgan fingerprint density at radius 1 is 1.28 bits per heavy atom. The summed E-state index contributed by atoms with van der Waals surface area (Å²) in [6, 6.07) is 5.89. The minimum atomic E-state index is -0.206. The number of benzene rings is 1. The maximum Gasteiger partial charge on any atom is 0.231 e. The first-order valence-corrected chi connectivity index (χ1v) is 6.48. The summed E-state index contributed by atoms with van der Waals surface area (Å²) in [5.41, 5.74) is 0.868. The number of nitrogens with one attached hydrogen (secondary N) is 1. The predicted octanol–water partition coefficient (Wildman–Crippen LogP) is 2.06. The van der Waals surface area contributed by atoms with Crippen molar-refractivity contribution >= 4 is 0 Å². The van der Waals surface area contributed by atoms with Crippen molar-refractivity contribution in [3.05, 3.63) is 23.8 Å². The van der Waals surface area contributed by atoms with E-state index in [1.807, 2.05) is 18.2 Å². The molecule has 0 aromatic heterocycles. The second kappa shape index (κ2) is 5.59. The highest BCUT2D eigenvalue weighted by Crippen LogP contribution is 2.35. The standard InChI is InChI=1S/C14H21NO3/c1-3-14(4-2,9-16)15-8-11-6-5-7-12-13(11)18-10-17-12/h5-7,15-16H,3-4,8-10H2,1-2H3. The number of hydrogen-bond acceptors (Lipinski definition) is 4. The van der Waals surface area contributed by atoms with Gasteiger partial charge in [0.1, 0.15) is 0 Å². The third-order valence-electron chi connectivity index (χ3n) is 3.79. The van der Waals surface area contributed by atoms with E-state index in [4.69, 9.17) is 9.47 Å². The molecule has 1 aliphatic rings. The summed E-state index contributed by atoms with van der Waals surface area (Å²) in [6.07, 6.45) is 1.79. The molecule has 0 bridgehead atoms. The van der Waals surface area contributed by atoms with Crippen LogP contribution in [0.15, 0.2) is 18.2 Å². The number of aliphatic hydroxyl groups excluding tert-OH is 1. The molecule has 4 heteroatoms. The molecule has 0 aliphatic carbocycles. The molecule has 100 valence electrons. The summed E-state index contributed by atoms with van der Waals surface area (Å²) < 4.78 is 10.8. The van der Waals surface area contributed by atoms with Crippen molar-refractivity contribution in [2.24, 2.45) is 0 Å². The van der Waals surface area contributed by atoms with E-state index in [9.17, 15) is 5.11 Å². The van der Waals surface area contributed by atoms with E-state index in [-0.39, 0.29) is 12.1 Å². The van der Waals surface area contributed by atoms with Gasteiger partial charge in [-0.15, -0.1) is 0 Å².